The van der Waals surface area contributed by atoms with E-state index in [0.717, 1.165) is 12.8 Å². The number of rotatable bonds is 9. The molecule has 3 N–H and O–H groups in total. The van der Waals surface area contributed by atoms with Crippen LogP contribution in [-0.4, -0.2) is 48.7 Å². The molecule has 0 bridgehead atoms. The smallest absolute Gasteiger partial charge is 0.0766 e. The minimum atomic E-state index is -0.586. The van der Waals surface area contributed by atoms with Crippen LogP contribution in [0.1, 0.15) is 26.7 Å². The first-order valence-electron chi connectivity index (χ1n) is 5.30. The molecule has 0 saturated heterocycles. The lowest BCUT2D eigenvalue weighted by Gasteiger charge is -2.25. The molecule has 0 amide bonds. The monoisotopic (exact) mass is 205 g/mol. The molecular weight excluding hydrogens is 182 g/mol. The summed E-state index contributed by atoms with van der Waals surface area (Å²) in [4.78, 5) is 0. The summed E-state index contributed by atoms with van der Waals surface area (Å²) in [5.74, 6) is 0. The fraction of sp³-hybridized carbons (Fsp3) is 1.00. The van der Waals surface area contributed by atoms with Crippen molar-refractivity contribution in [3.63, 3.8) is 0 Å². The molecule has 14 heavy (non-hydrogen) atoms. The van der Waals surface area contributed by atoms with Crippen molar-refractivity contribution in [3.8, 4) is 0 Å². The van der Waals surface area contributed by atoms with Gasteiger partial charge in [-0.25, -0.2) is 0 Å². The van der Waals surface area contributed by atoms with E-state index in [9.17, 15) is 5.11 Å². The predicted molar refractivity (Wildman–Crippen MR) is 56.3 cm³/mol. The molecule has 0 aromatic rings. The van der Waals surface area contributed by atoms with Crippen LogP contribution in [0.3, 0.4) is 0 Å². The van der Waals surface area contributed by atoms with E-state index < -0.39 is 5.60 Å². The molecular formula is C10H23NO3. The summed E-state index contributed by atoms with van der Waals surface area (Å²) in [6.45, 7) is 6.29. The van der Waals surface area contributed by atoms with Crippen molar-refractivity contribution >= 4 is 0 Å². The van der Waals surface area contributed by atoms with Crippen molar-refractivity contribution in [1.82, 2.24) is 5.32 Å². The van der Waals surface area contributed by atoms with Crippen LogP contribution in [0.4, 0.5) is 0 Å². The van der Waals surface area contributed by atoms with Crippen LogP contribution in [0.5, 0.6) is 0 Å². The van der Waals surface area contributed by atoms with E-state index in [-0.39, 0.29) is 6.61 Å². The van der Waals surface area contributed by atoms with Gasteiger partial charge in [-0.05, 0) is 12.8 Å². The first-order valence-corrected chi connectivity index (χ1v) is 5.30. The lowest BCUT2D eigenvalue weighted by atomic mass is 9.98. The SMILES string of the molecule is CCC(O)(CC)CNCCOCCO. The van der Waals surface area contributed by atoms with E-state index >= 15 is 0 Å². The van der Waals surface area contributed by atoms with Crippen LogP contribution in [-0.2, 0) is 4.74 Å². The molecule has 0 unspecified atom stereocenters. The zero-order valence-corrected chi connectivity index (χ0v) is 9.25. The first-order chi connectivity index (χ1) is 6.68. The number of ether oxygens (including phenoxy) is 1. The van der Waals surface area contributed by atoms with Crippen LogP contribution < -0.4 is 5.32 Å². The average molecular weight is 205 g/mol. The number of nitrogens with one attached hydrogen (secondary N) is 1. The van der Waals surface area contributed by atoms with Crippen molar-refractivity contribution in [2.45, 2.75) is 32.3 Å². The van der Waals surface area contributed by atoms with Crippen molar-refractivity contribution in [3.05, 3.63) is 0 Å². The Hall–Kier alpha value is -0.160. The second kappa shape index (κ2) is 8.17. The Bertz CT molecular complexity index is 127. The summed E-state index contributed by atoms with van der Waals surface area (Å²) in [5, 5.41) is 21.5. The van der Waals surface area contributed by atoms with Gasteiger partial charge in [0.15, 0.2) is 0 Å². The predicted octanol–water partition coefficient (Wildman–Crippen LogP) is 0.136. The van der Waals surface area contributed by atoms with Gasteiger partial charge in [0.2, 0.25) is 0 Å². The Balaban J connectivity index is 3.34. The summed E-state index contributed by atoms with van der Waals surface area (Å²) in [6, 6.07) is 0. The maximum atomic E-state index is 9.89. The van der Waals surface area contributed by atoms with E-state index in [0.29, 0.717) is 26.3 Å². The van der Waals surface area contributed by atoms with Gasteiger partial charge >= 0.3 is 0 Å². The largest absolute Gasteiger partial charge is 0.394 e. The van der Waals surface area contributed by atoms with Crippen molar-refractivity contribution in [2.75, 3.05) is 32.9 Å². The Morgan fingerprint density at radius 1 is 1.21 bits per heavy atom. The molecule has 0 heterocycles. The number of aliphatic hydroxyl groups excluding tert-OH is 1. The molecule has 0 aliphatic carbocycles. The van der Waals surface area contributed by atoms with E-state index in [1.54, 1.807) is 0 Å². The molecule has 86 valence electrons. The third-order valence-corrected chi connectivity index (χ3v) is 2.43. The van der Waals surface area contributed by atoms with Gasteiger partial charge in [-0.2, -0.15) is 0 Å². The molecule has 0 aromatic heterocycles. The molecule has 0 rings (SSSR count). The summed E-state index contributed by atoms with van der Waals surface area (Å²) in [6.07, 6.45) is 1.52. The molecule has 4 nitrogen and oxygen atoms in total. The summed E-state index contributed by atoms with van der Waals surface area (Å²) in [7, 11) is 0. The minimum Gasteiger partial charge on any atom is -0.394 e. The average Bonchev–Trinajstić information content (AvgIpc) is 2.23. The van der Waals surface area contributed by atoms with E-state index in [1.165, 1.54) is 0 Å². The highest BCUT2D eigenvalue weighted by atomic mass is 16.5. The van der Waals surface area contributed by atoms with Crippen molar-refractivity contribution < 1.29 is 14.9 Å². The number of hydrogen-bond acceptors (Lipinski definition) is 4. The van der Waals surface area contributed by atoms with Crippen LogP contribution >= 0.6 is 0 Å². The van der Waals surface area contributed by atoms with Crippen LogP contribution in [0.25, 0.3) is 0 Å². The van der Waals surface area contributed by atoms with E-state index in [1.807, 2.05) is 13.8 Å². The van der Waals surface area contributed by atoms with Gasteiger partial charge in [0, 0.05) is 13.1 Å². The van der Waals surface area contributed by atoms with Crippen LogP contribution in [0.15, 0.2) is 0 Å². The molecule has 0 aromatic carbocycles. The van der Waals surface area contributed by atoms with Crippen molar-refractivity contribution in [2.24, 2.45) is 0 Å². The molecule has 0 spiro atoms. The molecule has 0 atom stereocenters. The number of aliphatic hydroxyl groups is 2. The maximum absolute atomic E-state index is 9.89. The zero-order chi connectivity index (χ0) is 10.9. The summed E-state index contributed by atoms with van der Waals surface area (Å²) < 4.78 is 5.07. The second-order valence-corrected chi connectivity index (χ2v) is 3.44. The summed E-state index contributed by atoms with van der Waals surface area (Å²) in [5.41, 5.74) is -0.586. The van der Waals surface area contributed by atoms with Gasteiger partial charge in [-0.3, -0.25) is 0 Å². The van der Waals surface area contributed by atoms with Gasteiger partial charge in [-0.1, -0.05) is 13.8 Å². The summed E-state index contributed by atoms with van der Waals surface area (Å²) >= 11 is 0. The maximum Gasteiger partial charge on any atom is 0.0766 e. The molecule has 0 radical (unpaired) electrons. The molecule has 0 saturated carbocycles. The normalized spacial score (nSPS) is 12.0. The number of hydrogen-bond donors (Lipinski definition) is 3. The second-order valence-electron chi connectivity index (χ2n) is 3.44. The molecule has 0 aliphatic rings. The van der Waals surface area contributed by atoms with Crippen LogP contribution in [0, 0.1) is 0 Å². The lowest BCUT2D eigenvalue weighted by molar-refractivity contribution is 0.0292. The highest BCUT2D eigenvalue weighted by Crippen LogP contribution is 2.12. The Kier molecular flexibility index (Phi) is 8.08. The van der Waals surface area contributed by atoms with E-state index in [4.69, 9.17) is 9.84 Å². The minimum absolute atomic E-state index is 0.0634. The molecule has 4 heteroatoms. The highest BCUT2D eigenvalue weighted by Gasteiger charge is 2.20. The fourth-order valence-electron chi connectivity index (χ4n) is 1.13. The fourth-order valence-corrected chi connectivity index (χ4v) is 1.13. The standard InChI is InChI=1S/C10H23NO3/c1-3-10(13,4-2)9-11-5-7-14-8-6-12/h11-13H,3-9H2,1-2H3. The van der Waals surface area contributed by atoms with E-state index in [2.05, 4.69) is 5.32 Å². The molecule has 0 fully saturated rings. The van der Waals surface area contributed by atoms with Gasteiger partial charge in [0.25, 0.3) is 0 Å². The molecule has 0 aliphatic heterocycles. The highest BCUT2D eigenvalue weighted by molar-refractivity contribution is 4.77. The van der Waals surface area contributed by atoms with Gasteiger partial charge in [0.05, 0.1) is 25.4 Å². The zero-order valence-electron chi connectivity index (χ0n) is 9.25. The van der Waals surface area contributed by atoms with Gasteiger partial charge in [-0.15, -0.1) is 0 Å². The Morgan fingerprint density at radius 3 is 2.36 bits per heavy atom. The Morgan fingerprint density at radius 2 is 1.86 bits per heavy atom. The van der Waals surface area contributed by atoms with Crippen LogP contribution in [0.2, 0.25) is 0 Å². The Labute approximate surface area is 86.3 Å². The third-order valence-electron chi connectivity index (χ3n) is 2.43. The van der Waals surface area contributed by atoms with Crippen molar-refractivity contribution in [1.29, 1.82) is 0 Å². The first kappa shape index (κ1) is 13.8. The van der Waals surface area contributed by atoms with Gasteiger partial charge in [0.1, 0.15) is 0 Å². The van der Waals surface area contributed by atoms with Gasteiger partial charge < -0.3 is 20.3 Å². The lowest BCUT2D eigenvalue weighted by Crippen LogP contribution is -2.40. The quantitative estimate of drug-likeness (QED) is 0.468. The third kappa shape index (κ3) is 6.32. The topological polar surface area (TPSA) is 61.7 Å².